The highest BCUT2D eigenvalue weighted by molar-refractivity contribution is 14.0. The Bertz CT molecular complexity index is 373. The van der Waals surface area contributed by atoms with E-state index in [1.165, 1.54) is 19.3 Å². The topological polar surface area (TPSA) is 55.3 Å². The van der Waals surface area contributed by atoms with Crippen LogP contribution in [0.3, 0.4) is 0 Å². The molecule has 0 radical (unpaired) electrons. The maximum Gasteiger partial charge on any atom is 0.193 e. The predicted octanol–water partition coefficient (Wildman–Crippen LogP) is 2.76. The molecule has 0 amide bonds. The Morgan fingerprint density at radius 1 is 1.08 bits per heavy atom. The van der Waals surface area contributed by atoms with E-state index in [2.05, 4.69) is 22.3 Å². The molecule has 2 fully saturated rings. The van der Waals surface area contributed by atoms with Crippen LogP contribution < -0.4 is 5.32 Å². The van der Waals surface area contributed by atoms with E-state index in [4.69, 9.17) is 14.2 Å². The van der Waals surface area contributed by atoms with Crippen LogP contribution in [-0.4, -0.2) is 77.7 Å². The minimum Gasteiger partial charge on any atom is -0.381 e. The van der Waals surface area contributed by atoms with Gasteiger partial charge in [0.2, 0.25) is 0 Å². The quantitative estimate of drug-likeness (QED) is 0.237. The third-order valence-electron chi connectivity index (χ3n) is 5.23. The monoisotopic (exact) mass is 483 g/mol. The van der Waals surface area contributed by atoms with Gasteiger partial charge in [0, 0.05) is 66.8 Å². The van der Waals surface area contributed by atoms with E-state index in [-0.39, 0.29) is 24.0 Å². The molecule has 2 aliphatic heterocycles. The van der Waals surface area contributed by atoms with E-state index in [9.17, 15) is 0 Å². The second-order valence-electron chi connectivity index (χ2n) is 7.22. The number of aliphatic imine (C=N–C) groups is 1. The highest BCUT2D eigenvalue weighted by Crippen LogP contribution is 2.18. The van der Waals surface area contributed by atoms with Crippen molar-refractivity contribution in [2.75, 3.05) is 66.8 Å². The molecular weight excluding hydrogens is 445 g/mol. The Hall–Kier alpha value is -0.120. The van der Waals surface area contributed by atoms with Gasteiger partial charge >= 0.3 is 0 Å². The van der Waals surface area contributed by atoms with Crippen molar-refractivity contribution < 1.29 is 14.2 Å². The molecule has 0 saturated carbocycles. The smallest absolute Gasteiger partial charge is 0.193 e. The Morgan fingerprint density at radius 2 is 1.69 bits per heavy atom. The molecule has 0 aliphatic carbocycles. The summed E-state index contributed by atoms with van der Waals surface area (Å²) in [6.07, 6.45) is 6.91. The van der Waals surface area contributed by atoms with Crippen LogP contribution >= 0.6 is 24.0 Å². The molecular formula is C19H38IN3O3. The molecule has 154 valence electrons. The lowest BCUT2D eigenvalue weighted by Crippen LogP contribution is -2.40. The predicted molar refractivity (Wildman–Crippen MR) is 117 cm³/mol. The van der Waals surface area contributed by atoms with Gasteiger partial charge in [-0.25, -0.2) is 0 Å². The van der Waals surface area contributed by atoms with Crippen LogP contribution in [0, 0.1) is 11.8 Å². The van der Waals surface area contributed by atoms with E-state index >= 15 is 0 Å². The Kier molecular flexibility index (Phi) is 13.7. The summed E-state index contributed by atoms with van der Waals surface area (Å²) in [7, 11) is 3.98. The molecule has 0 unspecified atom stereocenters. The van der Waals surface area contributed by atoms with Gasteiger partial charge in [0.15, 0.2) is 5.96 Å². The van der Waals surface area contributed by atoms with Gasteiger partial charge in [-0.05, 0) is 50.4 Å². The molecule has 0 bridgehead atoms. The van der Waals surface area contributed by atoms with Crippen LogP contribution in [0.1, 0.15) is 38.5 Å². The maximum atomic E-state index is 5.82. The standard InChI is InChI=1S/C19H37N3O3.HI/c1-20-19(22(2)10-4-17-5-12-23-13-6-17)21-9-3-11-25-16-18-7-14-24-15-8-18;/h17-18H,3-16H2,1-2H3,(H,20,21);1H. The molecule has 7 heteroatoms. The number of guanidine groups is 1. The van der Waals surface area contributed by atoms with Gasteiger partial charge in [-0.15, -0.1) is 24.0 Å². The normalized spacial score (nSPS) is 19.8. The molecule has 26 heavy (non-hydrogen) atoms. The molecule has 0 spiro atoms. The second-order valence-corrected chi connectivity index (χ2v) is 7.22. The number of hydrogen-bond acceptors (Lipinski definition) is 4. The minimum absolute atomic E-state index is 0. The van der Waals surface area contributed by atoms with Gasteiger partial charge < -0.3 is 24.4 Å². The first kappa shape index (κ1) is 23.9. The van der Waals surface area contributed by atoms with Crippen LogP contribution in [0.5, 0.6) is 0 Å². The lowest BCUT2D eigenvalue weighted by molar-refractivity contribution is 0.0203. The van der Waals surface area contributed by atoms with Crippen molar-refractivity contribution in [1.82, 2.24) is 10.2 Å². The number of nitrogens with zero attached hydrogens (tertiary/aromatic N) is 2. The molecule has 2 saturated heterocycles. The lowest BCUT2D eigenvalue weighted by Gasteiger charge is -2.27. The number of nitrogens with one attached hydrogen (secondary N) is 1. The first-order valence-corrected chi connectivity index (χ1v) is 9.94. The summed E-state index contributed by atoms with van der Waals surface area (Å²) < 4.78 is 16.6. The average Bonchev–Trinajstić information content (AvgIpc) is 2.67. The SMILES string of the molecule is CN=C(NCCCOCC1CCOCC1)N(C)CCC1CCOCC1.I. The molecule has 0 aromatic carbocycles. The summed E-state index contributed by atoms with van der Waals surface area (Å²) in [5.74, 6) is 2.47. The van der Waals surface area contributed by atoms with E-state index in [1.807, 2.05) is 7.05 Å². The van der Waals surface area contributed by atoms with Crippen LogP contribution in [0.15, 0.2) is 4.99 Å². The van der Waals surface area contributed by atoms with Gasteiger partial charge in [-0.2, -0.15) is 0 Å². The van der Waals surface area contributed by atoms with E-state index in [1.54, 1.807) is 0 Å². The maximum absolute atomic E-state index is 5.82. The fourth-order valence-corrected chi connectivity index (χ4v) is 3.44. The van der Waals surface area contributed by atoms with Crippen LogP contribution in [0.4, 0.5) is 0 Å². The third-order valence-corrected chi connectivity index (χ3v) is 5.23. The van der Waals surface area contributed by atoms with Gasteiger partial charge in [0.1, 0.15) is 0 Å². The van der Waals surface area contributed by atoms with Crippen molar-refractivity contribution >= 4 is 29.9 Å². The van der Waals surface area contributed by atoms with Crippen LogP contribution in [0.2, 0.25) is 0 Å². The second kappa shape index (κ2) is 14.9. The number of rotatable bonds is 9. The van der Waals surface area contributed by atoms with Gasteiger partial charge in [0.05, 0.1) is 0 Å². The van der Waals surface area contributed by atoms with Crippen molar-refractivity contribution in [2.24, 2.45) is 16.8 Å². The van der Waals surface area contributed by atoms with E-state index < -0.39 is 0 Å². The van der Waals surface area contributed by atoms with Gasteiger partial charge in [-0.1, -0.05) is 0 Å². The summed E-state index contributed by atoms with van der Waals surface area (Å²) in [4.78, 5) is 6.63. The Morgan fingerprint density at radius 3 is 2.31 bits per heavy atom. The molecule has 6 nitrogen and oxygen atoms in total. The molecule has 0 aromatic heterocycles. The molecule has 2 rings (SSSR count). The summed E-state index contributed by atoms with van der Waals surface area (Å²) >= 11 is 0. The van der Waals surface area contributed by atoms with Crippen LogP contribution in [-0.2, 0) is 14.2 Å². The lowest BCUT2D eigenvalue weighted by atomic mass is 9.96. The molecule has 0 atom stereocenters. The zero-order chi connectivity index (χ0) is 17.7. The molecule has 2 aliphatic rings. The number of ether oxygens (including phenoxy) is 3. The van der Waals surface area contributed by atoms with Crippen molar-refractivity contribution in [3.63, 3.8) is 0 Å². The fraction of sp³-hybridized carbons (Fsp3) is 0.947. The van der Waals surface area contributed by atoms with Crippen LogP contribution in [0.25, 0.3) is 0 Å². The minimum atomic E-state index is 0. The van der Waals surface area contributed by atoms with Gasteiger partial charge in [0.25, 0.3) is 0 Å². The highest BCUT2D eigenvalue weighted by Gasteiger charge is 2.15. The van der Waals surface area contributed by atoms with Crippen molar-refractivity contribution in [3.8, 4) is 0 Å². The highest BCUT2D eigenvalue weighted by atomic mass is 127. The number of halogens is 1. The first-order chi connectivity index (χ1) is 12.3. The summed E-state index contributed by atoms with van der Waals surface area (Å²) in [5, 5.41) is 3.45. The Balaban J connectivity index is 0.00000338. The van der Waals surface area contributed by atoms with Crippen molar-refractivity contribution in [2.45, 2.75) is 38.5 Å². The Labute approximate surface area is 176 Å². The third kappa shape index (κ3) is 9.71. The summed E-state index contributed by atoms with van der Waals surface area (Å²) in [5.41, 5.74) is 0. The van der Waals surface area contributed by atoms with Crippen molar-refractivity contribution in [3.05, 3.63) is 0 Å². The van der Waals surface area contributed by atoms with Crippen molar-refractivity contribution in [1.29, 1.82) is 0 Å². The molecule has 0 aromatic rings. The van der Waals surface area contributed by atoms with E-state index in [0.717, 1.165) is 83.9 Å². The molecule has 1 N–H and O–H groups in total. The molecule has 2 heterocycles. The van der Waals surface area contributed by atoms with E-state index in [0.29, 0.717) is 5.92 Å². The summed E-state index contributed by atoms with van der Waals surface area (Å²) in [6.45, 7) is 7.28. The average molecular weight is 483 g/mol. The van der Waals surface area contributed by atoms with Gasteiger partial charge in [-0.3, -0.25) is 4.99 Å². The first-order valence-electron chi connectivity index (χ1n) is 9.94. The fourth-order valence-electron chi connectivity index (χ4n) is 3.44. The zero-order valence-corrected chi connectivity index (χ0v) is 18.9. The zero-order valence-electron chi connectivity index (χ0n) is 16.6. The largest absolute Gasteiger partial charge is 0.381 e. The number of hydrogen-bond donors (Lipinski definition) is 1. The summed E-state index contributed by atoms with van der Waals surface area (Å²) in [6, 6.07) is 0.